The van der Waals surface area contributed by atoms with Crippen LogP contribution in [0.1, 0.15) is 28.4 Å². The number of hydrogen-bond donors (Lipinski definition) is 0. The number of nitro groups is 1. The molecule has 8 heteroatoms. The minimum absolute atomic E-state index is 0.00588. The van der Waals surface area contributed by atoms with E-state index in [9.17, 15) is 14.9 Å². The number of benzene rings is 2. The normalized spacial score (nSPS) is 12.9. The summed E-state index contributed by atoms with van der Waals surface area (Å²) in [6, 6.07) is 7.53. The molecule has 0 radical (unpaired) electrons. The van der Waals surface area contributed by atoms with Gasteiger partial charge in [0.15, 0.2) is 12.6 Å². The standard InChI is InChI=1S/C17H14ClNO6/c1-10(20)15-6-13(18)2-3-16(15)24-8-12-5-14(19(21)22)4-11-7-23-9-25-17(11)12/h2-6H,7-9H2,1H3. The van der Waals surface area contributed by atoms with E-state index in [0.29, 0.717) is 33.2 Å². The zero-order valence-corrected chi connectivity index (χ0v) is 14.0. The van der Waals surface area contributed by atoms with Gasteiger partial charge >= 0.3 is 0 Å². The molecule has 1 aliphatic heterocycles. The van der Waals surface area contributed by atoms with E-state index in [-0.39, 0.29) is 31.5 Å². The molecule has 2 aromatic carbocycles. The lowest BCUT2D eigenvalue weighted by Gasteiger charge is -2.21. The second kappa shape index (κ2) is 7.08. The molecular weight excluding hydrogens is 350 g/mol. The monoisotopic (exact) mass is 363 g/mol. The van der Waals surface area contributed by atoms with Crippen LogP contribution >= 0.6 is 11.6 Å². The third kappa shape index (κ3) is 3.72. The molecule has 7 nitrogen and oxygen atoms in total. The van der Waals surface area contributed by atoms with E-state index in [4.69, 9.17) is 25.8 Å². The van der Waals surface area contributed by atoms with Gasteiger partial charge in [-0.1, -0.05) is 11.6 Å². The maximum atomic E-state index is 11.7. The summed E-state index contributed by atoms with van der Waals surface area (Å²) in [7, 11) is 0. The Kier molecular flexibility index (Phi) is 4.87. The van der Waals surface area contributed by atoms with Crippen LogP contribution in [0.15, 0.2) is 30.3 Å². The Balaban J connectivity index is 1.92. The number of Topliss-reactive ketones (excluding diaryl/α,β-unsaturated/α-hetero) is 1. The zero-order valence-electron chi connectivity index (χ0n) is 13.3. The first kappa shape index (κ1) is 17.2. The molecular formula is C17H14ClNO6. The van der Waals surface area contributed by atoms with Crippen molar-refractivity contribution in [3.63, 3.8) is 0 Å². The predicted molar refractivity (Wildman–Crippen MR) is 89.2 cm³/mol. The Morgan fingerprint density at radius 3 is 2.88 bits per heavy atom. The van der Waals surface area contributed by atoms with Crippen LogP contribution in [0.2, 0.25) is 5.02 Å². The van der Waals surface area contributed by atoms with Gasteiger partial charge in [-0.2, -0.15) is 0 Å². The van der Waals surface area contributed by atoms with E-state index in [0.717, 1.165) is 0 Å². The molecule has 0 amide bonds. The highest BCUT2D eigenvalue weighted by Gasteiger charge is 2.21. The highest BCUT2D eigenvalue weighted by molar-refractivity contribution is 6.31. The van der Waals surface area contributed by atoms with Crippen molar-refractivity contribution in [2.45, 2.75) is 20.1 Å². The van der Waals surface area contributed by atoms with E-state index in [1.54, 1.807) is 12.1 Å². The molecule has 1 heterocycles. The maximum Gasteiger partial charge on any atom is 0.270 e. The molecule has 130 valence electrons. The van der Waals surface area contributed by atoms with Gasteiger partial charge in [-0.3, -0.25) is 14.9 Å². The first-order chi connectivity index (χ1) is 12.0. The Morgan fingerprint density at radius 1 is 1.36 bits per heavy atom. The quantitative estimate of drug-likeness (QED) is 0.455. The fourth-order valence-corrected chi connectivity index (χ4v) is 2.72. The number of non-ortho nitro benzene ring substituents is 1. The van der Waals surface area contributed by atoms with Crippen molar-refractivity contribution >= 4 is 23.1 Å². The molecule has 0 aromatic heterocycles. The molecule has 0 bridgehead atoms. The predicted octanol–water partition coefficient (Wildman–Crippen LogP) is 3.90. The molecule has 0 spiro atoms. The first-order valence-corrected chi connectivity index (χ1v) is 7.77. The number of ketones is 1. The summed E-state index contributed by atoms with van der Waals surface area (Å²) < 4.78 is 16.3. The van der Waals surface area contributed by atoms with Crippen LogP contribution in [0.5, 0.6) is 11.5 Å². The number of rotatable bonds is 5. The van der Waals surface area contributed by atoms with Gasteiger partial charge in [0, 0.05) is 28.3 Å². The molecule has 0 saturated heterocycles. The molecule has 2 aromatic rings. The SMILES string of the molecule is CC(=O)c1cc(Cl)ccc1OCc1cc([N+](=O)[O-])cc2c1OCOC2. The molecule has 0 aliphatic carbocycles. The Hall–Kier alpha value is -2.64. The van der Waals surface area contributed by atoms with E-state index in [1.807, 2.05) is 0 Å². The number of carbonyl (C=O) groups is 1. The molecule has 3 rings (SSSR count). The minimum Gasteiger partial charge on any atom is -0.488 e. The van der Waals surface area contributed by atoms with Crippen molar-refractivity contribution in [2.24, 2.45) is 0 Å². The highest BCUT2D eigenvalue weighted by Crippen LogP contribution is 2.34. The highest BCUT2D eigenvalue weighted by atomic mass is 35.5. The van der Waals surface area contributed by atoms with Crippen molar-refractivity contribution in [3.8, 4) is 11.5 Å². The van der Waals surface area contributed by atoms with Crippen molar-refractivity contribution in [3.05, 3.63) is 62.2 Å². The molecule has 0 saturated carbocycles. The first-order valence-electron chi connectivity index (χ1n) is 7.39. The largest absolute Gasteiger partial charge is 0.488 e. The Morgan fingerprint density at radius 2 is 2.16 bits per heavy atom. The average Bonchev–Trinajstić information content (AvgIpc) is 2.59. The van der Waals surface area contributed by atoms with Crippen LogP contribution in [0.4, 0.5) is 5.69 Å². The van der Waals surface area contributed by atoms with Crippen molar-refractivity contribution in [1.82, 2.24) is 0 Å². The van der Waals surface area contributed by atoms with Gasteiger partial charge < -0.3 is 14.2 Å². The van der Waals surface area contributed by atoms with Crippen LogP contribution in [-0.2, 0) is 18.0 Å². The second-order valence-corrected chi connectivity index (χ2v) is 5.88. The lowest BCUT2D eigenvalue weighted by atomic mass is 10.1. The Bertz CT molecular complexity index is 851. The molecule has 0 N–H and O–H groups in total. The summed E-state index contributed by atoms with van der Waals surface area (Å²) in [5, 5.41) is 11.5. The number of ether oxygens (including phenoxy) is 3. The third-order valence-electron chi connectivity index (χ3n) is 3.69. The summed E-state index contributed by atoms with van der Waals surface area (Å²) in [4.78, 5) is 22.4. The second-order valence-electron chi connectivity index (χ2n) is 5.45. The van der Waals surface area contributed by atoms with Crippen LogP contribution in [-0.4, -0.2) is 17.5 Å². The number of nitrogens with zero attached hydrogens (tertiary/aromatic N) is 1. The lowest BCUT2D eigenvalue weighted by molar-refractivity contribution is -0.385. The van der Waals surface area contributed by atoms with E-state index < -0.39 is 4.92 Å². The zero-order chi connectivity index (χ0) is 18.0. The number of nitro benzene ring substituents is 1. The third-order valence-corrected chi connectivity index (χ3v) is 3.92. The summed E-state index contributed by atoms with van der Waals surface area (Å²) in [5.41, 5.74) is 1.37. The number of carbonyl (C=O) groups excluding carboxylic acids is 1. The number of halogens is 1. The van der Waals surface area contributed by atoms with Crippen LogP contribution in [0.3, 0.4) is 0 Å². The van der Waals surface area contributed by atoms with Crippen molar-refractivity contribution < 1.29 is 23.9 Å². The van der Waals surface area contributed by atoms with Gasteiger partial charge in [0.25, 0.3) is 5.69 Å². The Labute approximate surface area is 148 Å². The summed E-state index contributed by atoms with van der Waals surface area (Å²) in [6.45, 7) is 1.71. The van der Waals surface area contributed by atoms with Gasteiger partial charge in [-0.15, -0.1) is 0 Å². The van der Waals surface area contributed by atoms with E-state index in [1.165, 1.54) is 25.1 Å². The van der Waals surface area contributed by atoms with Gasteiger partial charge in [0.1, 0.15) is 18.1 Å². The summed E-state index contributed by atoms with van der Waals surface area (Å²) in [6.07, 6.45) is 0. The minimum atomic E-state index is -0.484. The summed E-state index contributed by atoms with van der Waals surface area (Å²) >= 11 is 5.91. The lowest BCUT2D eigenvalue weighted by Crippen LogP contribution is -2.14. The van der Waals surface area contributed by atoms with Crippen LogP contribution < -0.4 is 9.47 Å². The fourth-order valence-electron chi connectivity index (χ4n) is 2.55. The van der Waals surface area contributed by atoms with Gasteiger partial charge in [0.05, 0.1) is 17.1 Å². The topological polar surface area (TPSA) is 87.9 Å². The average molecular weight is 364 g/mol. The van der Waals surface area contributed by atoms with E-state index in [2.05, 4.69) is 0 Å². The van der Waals surface area contributed by atoms with Crippen LogP contribution in [0.25, 0.3) is 0 Å². The van der Waals surface area contributed by atoms with Crippen molar-refractivity contribution in [2.75, 3.05) is 6.79 Å². The summed E-state index contributed by atoms with van der Waals surface area (Å²) in [5.74, 6) is 0.669. The smallest absolute Gasteiger partial charge is 0.270 e. The van der Waals surface area contributed by atoms with Crippen LogP contribution in [0, 0.1) is 10.1 Å². The molecule has 0 fully saturated rings. The molecule has 1 aliphatic rings. The number of fused-ring (bicyclic) bond motifs is 1. The number of hydrogen-bond acceptors (Lipinski definition) is 6. The van der Waals surface area contributed by atoms with Gasteiger partial charge in [-0.25, -0.2) is 0 Å². The molecule has 25 heavy (non-hydrogen) atoms. The maximum absolute atomic E-state index is 11.7. The molecule has 0 unspecified atom stereocenters. The van der Waals surface area contributed by atoms with Gasteiger partial charge in [-0.05, 0) is 25.1 Å². The fraction of sp³-hybridized carbons (Fsp3) is 0.235. The molecule has 0 atom stereocenters. The van der Waals surface area contributed by atoms with Gasteiger partial charge in [0.2, 0.25) is 0 Å². The van der Waals surface area contributed by atoms with Crippen molar-refractivity contribution in [1.29, 1.82) is 0 Å². The van der Waals surface area contributed by atoms with E-state index >= 15 is 0 Å².